The number of aromatic hydroxyl groups is 1. The van der Waals surface area contributed by atoms with Crippen LogP contribution in [0, 0.1) is 0 Å². The molecule has 0 saturated heterocycles. The Labute approximate surface area is 125 Å². The summed E-state index contributed by atoms with van der Waals surface area (Å²) in [5.41, 5.74) is -0.505. The molecular weight excluding hydrogens is 272 g/mol. The monoisotopic (exact) mass is 296 g/mol. The average molecular weight is 296 g/mol. The Balaban J connectivity index is 0.000000433. The molecule has 0 aliphatic carbocycles. The van der Waals surface area contributed by atoms with E-state index in [2.05, 4.69) is 13.8 Å². The predicted molar refractivity (Wildman–Crippen MR) is 81.1 cm³/mol. The van der Waals surface area contributed by atoms with Gasteiger partial charge < -0.3 is 15.3 Å². The summed E-state index contributed by atoms with van der Waals surface area (Å²) < 4.78 is 0. The molecule has 0 aliphatic heterocycles. The fraction of sp³-hybridized carbons (Fsp3) is 0.500. The van der Waals surface area contributed by atoms with Crippen molar-refractivity contribution in [2.75, 3.05) is 0 Å². The summed E-state index contributed by atoms with van der Waals surface area (Å²) in [5, 5.41) is 26.0. The molecular formula is C16H24O5. The van der Waals surface area contributed by atoms with Gasteiger partial charge in [0.05, 0.1) is 11.1 Å². The molecule has 0 atom stereocenters. The number of carboxylic acids is 2. The number of carboxylic acid groups (broad SMARTS) is 2. The molecule has 0 amide bonds. The lowest BCUT2D eigenvalue weighted by Gasteiger charge is -1.98. The van der Waals surface area contributed by atoms with E-state index in [0.29, 0.717) is 0 Å². The van der Waals surface area contributed by atoms with E-state index < -0.39 is 11.9 Å². The maximum Gasteiger partial charge on any atom is 0.335 e. The van der Waals surface area contributed by atoms with Crippen molar-refractivity contribution >= 4 is 11.9 Å². The van der Waals surface area contributed by atoms with Crippen LogP contribution in [0.15, 0.2) is 18.2 Å². The zero-order valence-electron chi connectivity index (χ0n) is 12.6. The summed E-state index contributed by atoms with van der Waals surface area (Å²) in [4.78, 5) is 20.8. The quantitative estimate of drug-likeness (QED) is 0.657. The molecule has 5 nitrogen and oxygen atoms in total. The van der Waals surface area contributed by atoms with E-state index in [-0.39, 0.29) is 16.9 Å². The van der Waals surface area contributed by atoms with Gasteiger partial charge >= 0.3 is 11.9 Å². The number of hydrogen-bond donors (Lipinski definition) is 3. The fourth-order valence-corrected chi connectivity index (χ4v) is 1.71. The smallest absolute Gasteiger partial charge is 0.335 e. The van der Waals surface area contributed by atoms with Crippen molar-refractivity contribution in [2.45, 2.75) is 52.4 Å². The van der Waals surface area contributed by atoms with Crippen molar-refractivity contribution in [1.29, 1.82) is 0 Å². The Morgan fingerprint density at radius 2 is 1.19 bits per heavy atom. The number of hydrogen-bond acceptors (Lipinski definition) is 3. The third kappa shape index (κ3) is 8.68. The maximum absolute atomic E-state index is 10.4. The average Bonchev–Trinajstić information content (AvgIpc) is 2.43. The first kappa shape index (κ1) is 19.0. The second-order valence-corrected chi connectivity index (χ2v) is 4.79. The molecule has 1 rings (SSSR count). The Morgan fingerprint density at radius 1 is 0.810 bits per heavy atom. The summed E-state index contributed by atoms with van der Waals surface area (Å²) in [6, 6.07) is 2.94. The van der Waals surface area contributed by atoms with Crippen LogP contribution >= 0.6 is 0 Å². The van der Waals surface area contributed by atoms with Crippen LogP contribution in [-0.4, -0.2) is 27.3 Å². The van der Waals surface area contributed by atoms with E-state index in [1.807, 2.05) is 0 Å². The van der Waals surface area contributed by atoms with Crippen LogP contribution in [0.4, 0.5) is 0 Å². The van der Waals surface area contributed by atoms with Gasteiger partial charge in [-0.1, -0.05) is 52.4 Å². The molecule has 5 heteroatoms. The zero-order valence-corrected chi connectivity index (χ0v) is 12.6. The maximum atomic E-state index is 10.4. The number of carbonyl (C=O) groups is 2. The van der Waals surface area contributed by atoms with Gasteiger partial charge in [-0.05, 0) is 18.2 Å². The van der Waals surface area contributed by atoms with Gasteiger partial charge in [0.15, 0.2) is 0 Å². The molecule has 0 bridgehead atoms. The minimum atomic E-state index is -1.28. The largest absolute Gasteiger partial charge is 0.508 e. The highest BCUT2D eigenvalue weighted by Crippen LogP contribution is 2.15. The molecule has 0 saturated carbocycles. The molecule has 1 aromatic carbocycles. The van der Waals surface area contributed by atoms with Crippen molar-refractivity contribution in [2.24, 2.45) is 0 Å². The third-order valence-corrected chi connectivity index (χ3v) is 2.87. The summed E-state index contributed by atoms with van der Waals surface area (Å²) in [7, 11) is 0. The number of phenolic OH excluding ortho intramolecular Hbond substituents is 1. The van der Waals surface area contributed by atoms with Crippen molar-refractivity contribution < 1.29 is 24.9 Å². The number of benzene rings is 1. The highest BCUT2D eigenvalue weighted by Gasteiger charge is 2.10. The Morgan fingerprint density at radius 3 is 1.48 bits per heavy atom. The second-order valence-electron chi connectivity index (χ2n) is 4.79. The third-order valence-electron chi connectivity index (χ3n) is 2.87. The van der Waals surface area contributed by atoms with Crippen LogP contribution in [0.2, 0.25) is 0 Å². The van der Waals surface area contributed by atoms with E-state index >= 15 is 0 Å². The molecule has 0 fully saturated rings. The van der Waals surface area contributed by atoms with Crippen LogP contribution in [0.25, 0.3) is 0 Å². The molecule has 3 N–H and O–H groups in total. The van der Waals surface area contributed by atoms with Gasteiger partial charge in [-0.3, -0.25) is 0 Å². The molecule has 21 heavy (non-hydrogen) atoms. The molecule has 0 radical (unpaired) electrons. The minimum absolute atomic E-state index is 0.252. The van der Waals surface area contributed by atoms with E-state index in [1.165, 1.54) is 38.5 Å². The van der Waals surface area contributed by atoms with Gasteiger partial charge in [0, 0.05) is 0 Å². The van der Waals surface area contributed by atoms with Gasteiger partial charge in [0.2, 0.25) is 0 Å². The molecule has 0 heterocycles. The van der Waals surface area contributed by atoms with Crippen molar-refractivity contribution in [3.63, 3.8) is 0 Å². The lowest BCUT2D eigenvalue weighted by atomic mass is 10.1. The molecule has 1 aromatic rings. The summed E-state index contributed by atoms with van der Waals surface area (Å²) in [5.74, 6) is -2.94. The van der Waals surface area contributed by atoms with Crippen molar-refractivity contribution in [3.05, 3.63) is 29.3 Å². The second kappa shape index (κ2) is 10.7. The normalized spacial score (nSPS) is 9.62. The first-order chi connectivity index (χ1) is 9.92. The molecule has 118 valence electrons. The predicted octanol–water partition coefficient (Wildman–Crippen LogP) is 4.16. The molecule has 0 aliphatic rings. The molecule has 0 spiro atoms. The number of rotatable bonds is 7. The van der Waals surface area contributed by atoms with Crippen molar-refractivity contribution in [3.8, 4) is 5.75 Å². The Hall–Kier alpha value is -2.04. The Bertz CT molecular complexity index is 416. The topological polar surface area (TPSA) is 94.8 Å². The number of phenols is 1. The SMILES string of the molecule is CCCCCCCC.O=C(O)c1cc(O)cc(C(=O)O)c1. The van der Waals surface area contributed by atoms with Crippen LogP contribution < -0.4 is 0 Å². The highest BCUT2D eigenvalue weighted by molar-refractivity contribution is 5.94. The van der Waals surface area contributed by atoms with E-state index in [9.17, 15) is 9.59 Å². The highest BCUT2D eigenvalue weighted by atomic mass is 16.4. The zero-order chi connectivity index (χ0) is 16.3. The van der Waals surface area contributed by atoms with Gasteiger partial charge in [-0.25, -0.2) is 9.59 Å². The van der Waals surface area contributed by atoms with Gasteiger partial charge in [-0.15, -0.1) is 0 Å². The van der Waals surface area contributed by atoms with E-state index in [4.69, 9.17) is 15.3 Å². The fourth-order valence-electron chi connectivity index (χ4n) is 1.71. The summed E-state index contributed by atoms with van der Waals surface area (Å²) in [6.07, 6.45) is 8.49. The number of unbranched alkanes of at least 4 members (excludes halogenated alkanes) is 5. The van der Waals surface area contributed by atoms with E-state index in [0.717, 1.165) is 18.2 Å². The van der Waals surface area contributed by atoms with Gasteiger partial charge in [0.1, 0.15) is 5.75 Å². The van der Waals surface area contributed by atoms with Gasteiger partial charge in [-0.2, -0.15) is 0 Å². The first-order valence-electron chi connectivity index (χ1n) is 7.23. The lowest BCUT2D eigenvalue weighted by molar-refractivity contribution is 0.0696. The van der Waals surface area contributed by atoms with Crippen LogP contribution in [0.5, 0.6) is 5.75 Å². The van der Waals surface area contributed by atoms with Crippen molar-refractivity contribution in [1.82, 2.24) is 0 Å². The standard InChI is InChI=1S/C8H6O5.C8H18/c9-6-2-4(7(10)11)1-5(3-6)8(12)13;1-3-5-7-8-6-4-2/h1-3,9H,(H,10,11)(H,12,13);3-8H2,1-2H3. The van der Waals surface area contributed by atoms with Crippen LogP contribution in [0.3, 0.4) is 0 Å². The number of aromatic carboxylic acids is 2. The van der Waals surface area contributed by atoms with Crippen LogP contribution in [-0.2, 0) is 0 Å². The first-order valence-corrected chi connectivity index (χ1v) is 7.23. The lowest BCUT2D eigenvalue weighted by Crippen LogP contribution is -2.01. The Kier molecular flexibility index (Phi) is 9.67. The van der Waals surface area contributed by atoms with Crippen LogP contribution in [0.1, 0.15) is 73.1 Å². The summed E-state index contributed by atoms with van der Waals surface area (Å²) >= 11 is 0. The van der Waals surface area contributed by atoms with Gasteiger partial charge in [0.25, 0.3) is 0 Å². The summed E-state index contributed by atoms with van der Waals surface area (Å²) in [6.45, 7) is 4.51. The molecule has 0 unspecified atom stereocenters. The van der Waals surface area contributed by atoms with E-state index in [1.54, 1.807) is 0 Å². The molecule has 0 aromatic heterocycles. The minimum Gasteiger partial charge on any atom is -0.508 e.